The second-order valence-electron chi connectivity index (χ2n) is 5.72. The molecule has 3 aromatic rings. The molecule has 0 amide bonds. The molecule has 0 spiro atoms. The molecule has 0 atom stereocenters. The smallest absolute Gasteiger partial charge is 0.455 e. The number of aromatic amines is 1. The maximum atomic E-state index is 13.1. The Morgan fingerprint density at radius 3 is 2.19 bits per heavy atom. The summed E-state index contributed by atoms with van der Waals surface area (Å²) in [5.74, 6) is -1.85. The third-order valence-corrected chi connectivity index (χ3v) is 4.18. The van der Waals surface area contributed by atoms with E-state index >= 15 is 0 Å². The van der Waals surface area contributed by atoms with Gasteiger partial charge < -0.3 is 14.5 Å². The summed E-state index contributed by atoms with van der Waals surface area (Å²) in [6.45, 7) is 1.73. The molecule has 26 heavy (non-hydrogen) atoms. The predicted molar refractivity (Wildman–Crippen MR) is 92.0 cm³/mol. The first-order chi connectivity index (χ1) is 12.3. The van der Waals surface area contributed by atoms with Gasteiger partial charge in [-0.25, -0.2) is 0 Å². The number of Topliss-reactive ketones (excluding diaryl/α,β-unsaturated/α-hetero) is 1. The van der Waals surface area contributed by atoms with Crippen LogP contribution in [0.15, 0.2) is 36.4 Å². The van der Waals surface area contributed by atoms with Gasteiger partial charge in [0.05, 0.1) is 30.7 Å². The molecule has 0 bridgehead atoms. The number of alkyl halides is 3. The van der Waals surface area contributed by atoms with E-state index < -0.39 is 17.5 Å². The lowest BCUT2D eigenvalue weighted by atomic mass is 9.98. The van der Waals surface area contributed by atoms with Gasteiger partial charge in [-0.15, -0.1) is 0 Å². The molecule has 0 aliphatic carbocycles. The molecule has 4 nitrogen and oxygen atoms in total. The van der Waals surface area contributed by atoms with Gasteiger partial charge in [-0.2, -0.15) is 13.2 Å². The van der Waals surface area contributed by atoms with Crippen molar-refractivity contribution in [2.24, 2.45) is 0 Å². The van der Waals surface area contributed by atoms with Crippen molar-refractivity contribution in [1.82, 2.24) is 4.98 Å². The number of hydrogen-bond acceptors (Lipinski definition) is 3. The molecule has 0 fully saturated rings. The number of halogens is 3. The van der Waals surface area contributed by atoms with E-state index in [-0.39, 0.29) is 11.3 Å². The number of ether oxygens (including phenoxy) is 2. The fraction of sp³-hybridized carbons (Fsp3) is 0.211. The van der Waals surface area contributed by atoms with Crippen LogP contribution >= 0.6 is 0 Å². The van der Waals surface area contributed by atoms with E-state index in [1.54, 1.807) is 6.92 Å². The zero-order valence-electron chi connectivity index (χ0n) is 14.3. The van der Waals surface area contributed by atoms with Crippen molar-refractivity contribution in [3.05, 3.63) is 47.7 Å². The van der Waals surface area contributed by atoms with Crippen LogP contribution in [0.4, 0.5) is 13.2 Å². The maximum Gasteiger partial charge on any atom is 0.455 e. The minimum absolute atomic E-state index is 0.0416. The number of H-pyrrole nitrogens is 1. The number of nitrogens with one attached hydrogen (secondary N) is 1. The minimum atomic E-state index is -5.03. The number of carbonyl (C=O) groups is 1. The first kappa shape index (κ1) is 17.8. The van der Waals surface area contributed by atoms with Crippen molar-refractivity contribution in [1.29, 1.82) is 0 Å². The fourth-order valence-electron chi connectivity index (χ4n) is 3.10. The highest BCUT2D eigenvalue weighted by Crippen LogP contribution is 2.44. The first-order valence-corrected chi connectivity index (χ1v) is 7.73. The Kier molecular flexibility index (Phi) is 4.39. The van der Waals surface area contributed by atoms with Gasteiger partial charge in [0.25, 0.3) is 5.78 Å². The van der Waals surface area contributed by atoms with E-state index in [4.69, 9.17) is 9.47 Å². The summed E-state index contributed by atoms with van der Waals surface area (Å²) in [6.07, 6.45) is -5.03. The van der Waals surface area contributed by atoms with Crippen LogP contribution in [-0.4, -0.2) is 31.2 Å². The fourth-order valence-corrected chi connectivity index (χ4v) is 3.10. The zero-order valence-corrected chi connectivity index (χ0v) is 14.3. The van der Waals surface area contributed by atoms with Crippen molar-refractivity contribution in [3.8, 4) is 22.6 Å². The highest BCUT2D eigenvalue weighted by atomic mass is 19.4. The van der Waals surface area contributed by atoms with Gasteiger partial charge in [0.1, 0.15) is 11.5 Å². The molecule has 7 heteroatoms. The molecule has 1 N–H and O–H groups in total. The topological polar surface area (TPSA) is 51.3 Å². The molecule has 1 aromatic heterocycles. The molecular weight excluding hydrogens is 347 g/mol. The number of rotatable bonds is 4. The third-order valence-electron chi connectivity index (χ3n) is 4.18. The average molecular weight is 363 g/mol. The molecular formula is C19H16F3NO3. The van der Waals surface area contributed by atoms with Crippen LogP contribution in [0.5, 0.6) is 11.5 Å². The summed E-state index contributed by atoms with van der Waals surface area (Å²) in [4.78, 5) is 15.0. The molecule has 0 saturated heterocycles. The number of methoxy groups -OCH3 is 2. The molecule has 1 heterocycles. The second kappa shape index (κ2) is 6.40. The van der Waals surface area contributed by atoms with Crippen molar-refractivity contribution in [3.63, 3.8) is 0 Å². The maximum absolute atomic E-state index is 13.1. The largest absolute Gasteiger partial charge is 0.496 e. The van der Waals surface area contributed by atoms with E-state index in [0.717, 1.165) is 5.56 Å². The van der Waals surface area contributed by atoms with Crippen LogP contribution in [-0.2, 0) is 0 Å². The van der Waals surface area contributed by atoms with Crippen molar-refractivity contribution in [2.45, 2.75) is 13.1 Å². The van der Waals surface area contributed by atoms with Crippen LogP contribution in [0.1, 0.15) is 16.1 Å². The summed E-state index contributed by atoms with van der Waals surface area (Å²) < 4.78 is 49.8. The first-order valence-electron chi connectivity index (χ1n) is 7.73. The summed E-state index contributed by atoms with van der Waals surface area (Å²) in [6, 6.07) is 10.5. The number of hydrogen-bond donors (Lipinski definition) is 1. The SMILES string of the molecule is COc1cc(OC)c2c(-c3ccccc3)c(C)[nH]c2c1C(=O)C(F)(F)F. The average Bonchev–Trinajstić information content (AvgIpc) is 2.96. The summed E-state index contributed by atoms with van der Waals surface area (Å²) in [7, 11) is 2.62. The Bertz CT molecular complexity index is 975. The normalized spacial score (nSPS) is 11.6. The van der Waals surface area contributed by atoms with Gasteiger partial charge in [-0.05, 0) is 12.5 Å². The van der Waals surface area contributed by atoms with Crippen LogP contribution in [0.3, 0.4) is 0 Å². The van der Waals surface area contributed by atoms with Gasteiger partial charge in [0.15, 0.2) is 0 Å². The molecule has 136 valence electrons. The molecule has 2 aromatic carbocycles. The van der Waals surface area contributed by atoms with Gasteiger partial charge >= 0.3 is 6.18 Å². The molecule has 0 aliphatic rings. The van der Waals surface area contributed by atoms with Crippen molar-refractivity contribution in [2.75, 3.05) is 14.2 Å². The third kappa shape index (κ3) is 2.79. The van der Waals surface area contributed by atoms with Gasteiger partial charge in [-0.1, -0.05) is 30.3 Å². The zero-order chi connectivity index (χ0) is 19.1. The van der Waals surface area contributed by atoms with Crippen LogP contribution in [0.2, 0.25) is 0 Å². The Hall–Kier alpha value is -2.96. The van der Waals surface area contributed by atoms with Crippen LogP contribution < -0.4 is 9.47 Å². The van der Waals surface area contributed by atoms with Crippen LogP contribution in [0, 0.1) is 6.92 Å². The predicted octanol–water partition coefficient (Wildman–Crippen LogP) is 4.91. The number of carbonyl (C=O) groups excluding carboxylic acids is 1. The monoisotopic (exact) mass is 363 g/mol. The molecule has 3 rings (SSSR count). The standard InChI is InChI=1S/C19H16F3NO3/c1-10-14(11-7-5-4-6-8-11)15-12(25-2)9-13(26-3)16(17(15)23-10)18(24)19(20,21)22/h4-9,23H,1-3H3. The Labute approximate surface area is 147 Å². The van der Waals surface area contributed by atoms with E-state index in [1.165, 1.54) is 20.3 Å². The highest BCUT2D eigenvalue weighted by Gasteiger charge is 2.43. The van der Waals surface area contributed by atoms with Gasteiger partial charge in [-0.3, -0.25) is 4.79 Å². The number of ketones is 1. The Morgan fingerprint density at radius 2 is 1.65 bits per heavy atom. The van der Waals surface area contributed by atoms with E-state index in [1.807, 2.05) is 30.3 Å². The van der Waals surface area contributed by atoms with Crippen molar-refractivity contribution >= 4 is 16.7 Å². The molecule has 0 aliphatic heterocycles. The lowest BCUT2D eigenvalue weighted by Crippen LogP contribution is -2.23. The molecule has 0 unspecified atom stereocenters. The Morgan fingerprint density at radius 1 is 1.04 bits per heavy atom. The second-order valence-corrected chi connectivity index (χ2v) is 5.72. The van der Waals surface area contributed by atoms with E-state index in [9.17, 15) is 18.0 Å². The minimum Gasteiger partial charge on any atom is -0.496 e. The van der Waals surface area contributed by atoms with E-state index in [2.05, 4.69) is 4.98 Å². The summed E-state index contributed by atoms with van der Waals surface area (Å²) in [5, 5.41) is 0.407. The number of fused-ring (bicyclic) bond motifs is 1. The van der Waals surface area contributed by atoms with Gasteiger partial charge in [0.2, 0.25) is 0 Å². The lowest BCUT2D eigenvalue weighted by Gasteiger charge is -2.14. The summed E-state index contributed by atoms with van der Waals surface area (Å²) in [5.41, 5.74) is 1.58. The molecule has 0 saturated carbocycles. The number of aromatic nitrogens is 1. The van der Waals surface area contributed by atoms with E-state index in [0.29, 0.717) is 22.4 Å². The number of aryl methyl sites for hydroxylation is 1. The number of benzene rings is 2. The quantitative estimate of drug-likeness (QED) is 0.671. The Balaban J connectivity index is 2.45. The van der Waals surface area contributed by atoms with Crippen molar-refractivity contribution < 1.29 is 27.4 Å². The van der Waals surface area contributed by atoms with Crippen LogP contribution in [0.25, 0.3) is 22.0 Å². The highest BCUT2D eigenvalue weighted by molar-refractivity contribution is 6.16. The summed E-state index contributed by atoms with van der Waals surface area (Å²) >= 11 is 0. The lowest BCUT2D eigenvalue weighted by molar-refractivity contribution is -0.0885. The molecule has 0 radical (unpaired) electrons. The van der Waals surface area contributed by atoms with Gasteiger partial charge in [0, 0.05) is 17.3 Å².